The second-order valence-electron chi connectivity index (χ2n) is 10.0. The number of hydrogen-bond acceptors (Lipinski definition) is 9. The Morgan fingerprint density at radius 3 is 2.68 bits per heavy atom. The molecule has 0 bridgehead atoms. The first-order valence-electron chi connectivity index (χ1n) is 12.8. The van der Waals surface area contributed by atoms with Gasteiger partial charge in [0.15, 0.2) is 17.3 Å². The van der Waals surface area contributed by atoms with E-state index in [0.717, 1.165) is 42.8 Å². The fraction of sp³-hybridized carbons (Fsp3) is 0.429. The zero-order valence-electron chi connectivity index (χ0n) is 21.1. The van der Waals surface area contributed by atoms with E-state index in [1.165, 1.54) is 5.56 Å². The minimum Gasteiger partial charge on any atom is -0.490 e. The van der Waals surface area contributed by atoms with Gasteiger partial charge in [-0.3, -0.25) is 0 Å². The number of aromatic nitrogens is 2. The van der Waals surface area contributed by atoms with E-state index in [4.69, 9.17) is 23.0 Å². The Hall–Kier alpha value is -3.56. The van der Waals surface area contributed by atoms with Crippen molar-refractivity contribution in [1.82, 2.24) is 15.1 Å². The molecule has 37 heavy (non-hydrogen) atoms. The highest BCUT2D eigenvalue weighted by Gasteiger charge is 2.25. The summed E-state index contributed by atoms with van der Waals surface area (Å²) in [5, 5.41) is 19.7. The molecule has 2 aliphatic rings. The molecule has 0 aliphatic carbocycles. The summed E-state index contributed by atoms with van der Waals surface area (Å²) >= 11 is 0. The van der Waals surface area contributed by atoms with Crippen molar-refractivity contribution in [2.45, 2.75) is 44.6 Å². The summed E-state index contributed by atoms with van der Waals surface area (Å²) in [4.78, 5) is 2.30. The van der Waals surface area contributed by atoms with Crippen LogP contribution in [0.5, 0.6) is 17.2 Å². The topological polar surface area (TPSA) is 103 Å². The largest absolute Gasteiger partial charge is 0.490 e. The molecule has 2 aromatic carbocycles. The smallest absolute Gasteiger partial charge is 0.283 e. The minimum atomic E-state index is -0.603. The summed E-state index contributed by atoms with van der Waals surface area (Å²) in [6, 6.07) is 13.7. The molecular formula is C28H31N3O6. The Balaban J connectivity index is 1.03. The third kappa shape index (κ3) is 5.01. The van der Waals surface area contributed by atoms with Crippen molar-refractivity contribution in [2.75, 3.05) is 33.0 Å². The average molecular weight is 506 g/mol. The van der Waals surface area contributed by atoms with E-state index >= 15 is 0 Å². The van der Waals surface area contributed by atoms with Crippen LogP contribution in [0.2, 0.25) is 0 Å². The maximum absolute atomic E-state index is 10.7. The lowest BCUT2D eigenvalue weighted by molar-refractivity contribution is 0.0599. The lowest BCUT2D eigenvalue weighted by Crippen LogP contribution is -2.40. The van der Waals surface area contributed by atoms with Gasteiger partial charge in [0.05, 0.1) is 5.39 Å². The Morgan fingerprint density at radius 1 is 1.03 bits per heavy atom. The van der Waals surface area contributed by atoms with Crippen LogP contribution in [0.15, 0.2) is 51.3 Å². The molecule has 9 nitrogen and oxygen atoms in total. The Kier molecular flexibility index (Phi) is 6.48. The van der Waals surface area contributed by atoms with Gasteiger partial charge in [-0.1, -0.05) is 26.0 Å². The van der Waals surface area contributed by atoms with Gasteiger partial charge in [0.2, 0.25) is 12.7 Å². The Labute approximate surface area is 214 Å². The van der Waals surface area contributed by atoms with E-state index in [1.807, 2.05) is 44.2 Å². The van der Waals surface area contributed by atoms with Crippen molar-refractivity contribution in [3.05, 3.63) is 53.9 Å². The maximum Gasteiger partial charge on any atom is 0.283 e. The highest BCUT2D eigenvalue weighted by molar-refractivity contribution is 5.87. The molecule has 6 rings (SSSR count). The molecule has 4 aromatic rings. The van der Waals surface area contributed by atoms with E-state index in [1.54, 1.807) is 0 Å². The number of hydrogen-bond donors (Lipinski definition) is 1. The Morgan fingerprint density at radius 2 is 1.86 bits per heavy atom. The fourth-order valence-electron chi connectivity index (χ4n) is 4.99. The number of aliphatic hydroxyl groups is 1. The molecule has 1 fully saturated rings. The lowest BCUT2D eigenvalue weighted by atomic mass is 9.89. The van der Waals surface area contributed by atoms with E-state index in [-0.39, 0.29) is 12.5 Å². The summed E-state index contributed by atoms with van der Waals surface area (Å²) in [7, 11) is 0. The number of β-amino-alcohol motifs (C(OH)–C–C–N with tert-alkyl or cyclic N) is 1. The molecule has 0 amide bonds. The number of likely N-dealkylation sites (tertiary alicyclic amines) is 1. The Bertz CT molecular complexity index is 1370. The van der Waals surface area contributed by atoms with Gasteiger partial charge in [0, 0.05) is 18.5 Å². The van der Waals surface area contributed by atoms with Gasteiger partial charge < -0.3 is 33.1 Å². The molecule has 1 atom stereocenters. The molecular weight excluding hydrogens is 474 g/mol. The summed E-state index contributed by atoms with van der Waals surface area (Å²) in [5.41, 5.74) is 1.96. The zero-order valence-corrected chi connectivity index (χ0v) is 21.1. The quantitative estimate of drug-likeness (QED) is 0.356. The van der Waals surface area contributed by atoms with Crippen LogP contribution in [0, 0.1) is 0 Å². The van der Waals surface area contributed by atoms with Gasteiger partial charge in [-0.05, 0) is 61.7 Å². The van der Waals surface area contributed by atoms with E-state index in [9.17, 15) is 5.11 Å². The van der Waals surface area contributed by atoms with Crippen molar-refractivity contribution in [3.63, 3.8) is 0 Å². The first-order chi connectivity index (χ1) is 18.0. The van der Waals surface area contributed by atoms with Crippen molar-refractivity contribution in [3.8, 4) is 28.9 Å². The predicted octanol–water partition coefficient (Wildman–Crippen LogP) is 4.95. The van der Waals surface area contributed by atoms with Crippen molar-refractivity contribution in [1.29, 1.82) is 0 Å². The van der Waals surface area contributed by atoms with Crippen LogP contribution in [-0.2, 0) is 0 Å². The van der Waals surface area contributed by atoms with Crippen molar-refractivity contribution >= 4 is 11.0 Å². The molecule has 0 saturated carbocycles. The van der Waals surface area contributed by atoms with Crippen LogP contribution < -0.4 is 14.2 Å². The molecule has 0 spiro atoms. The monoisotopic (exact) mass is 505 g/mol. The summed E-state index contributed by atoms with van der Waals surface area (Å²) in [6.07, 6.45) is 1.48. The standard InChI is InChI=1S/C28H31N3O6/c1-17(2)27-29-30-28(37-27)26-13-21-22(4-3-5-23(21)36-26)33-15-20(32)14-31-10-8-18(9-11-31)19-6-7-24-25(12-19)35-16-34-24/h3-7,12-13,17-18,20,32H,8-11,14-16H2,1-2H3/t20-/m0/s1. The number of piperidine rings is 1. The molecule has 194 valence electrons. The van der Waals surface area contributed by atoms with Gasteiger partial charge in [-0.15, -0.1) is 10.2 Å². The first kappa shape index (κ1) is 23.8. The summed E-state index contributed by atoms with van der Waals surface area (Å²) in [5.74, 6) is 4.34. The fourth-order valence-corrected chi connectivity index (χ4v) is 4.99. The first-order valence-corrected chi connectivity index (χ1v) is 12.8. The highest BCUT2D eigenvalue weighted by Crippen LogP contribution is 2.37. The van der Waals surface area contributed by atoms with Gasteiger partial charge in [0.1, 0.15) is 24.0 Å². The molecule has 2 aliphatic heterocycles. The number of ether oxygens (including phenoxy) is 3. The van der Waals surface area contributed by atoms with Gasteiger partial charge >= 0.3 is 0 Å². The van der Waals surface area contributed by atoms with E-state index < -0.39 is 6.10 Å². The van der Waals surface area contributed by atoms with Crippen LogP contribution in [0.4, 0.5) is 0 Å². The van der Waals surface area contributed by atoms with Crippen LogP contribution in [-0.4, -0.2) is 59.3 Å². The van der Waals surface area contributed by atoms with Gasteiger partial charge in [-0.2, -0.15) is 0 Å². The minimum absolute atomic E-state index is 0.139. The summed E-state index contributed by atoms with van der Waals surface area (Å²) < 4.78 is 28.6. The van der Waals surface area contributed by atoms with Crippen molar-refractivity contribution in [2.24, 2.45) is 0 Å². The molecule has 0 unspecified atom stereocenters. The highest BCUT2D eigenvalue weighted by atomic mass is 16.7. The number of furan rings is 1. The van der Waals surface area contributed by atoms with Crippen molar-refractivity contribution < 1.29 is 28.2 Å². The van der Waals surface area contributed by atoms with Crippen LogP contribution >= 0.6 is 0 Å². The lowest BCUT2D eigenvalue weighted by Gasteiger charge is -2.33. The van der Waals surface area contributed by atoms with Crippen LogP contribution in [0.1, 0.15) is 50.0 Å². The molecule has 1 N–H and O–H groups in total. The van der Waals surface area contributed by atoms with Gasteiger partial charge in [-0.25, -0.2) is 0 Å². The van der Waals surface area contributed by atoms with Gasteiger partial charge in [0.25, 0.3) is 5.89 Å². The summed E-state index contributed by atoms with van der Waals surface area (Å²) in [6.45, 7) is 6.91. The SMILES string of the molecule is CC(C)c1nnc(-c2cc3c(OC[C@@H](O)CN4CCC(c5ccc6c(c5)OCO6)CC4)cccc3o2)o1. The maximum atomic E-state index is 10.7. The molecule has 9 heteroatoms. The number of nitrogens with zero attached hydrogens (tertiary/aromatic N) is 3. The molecule has 1 saturated heterocycles. The molecule has 4 heterocycles. The second-order valence-corrected chi connectivity index (χ2v) is 10.0. The second kappa shape index (κ2) is 10.1. The number of aliphatic hydroxyl groups excluding tert-OH is 1. The third-order valence-electron chi connectivity index (χ3n) is 7.02. The van der Waals surface area contributed by atoms with Crippen LogP contribution in [0.3, 0.4) is 0 Å². The van der Waals surface area contributed by atoms with E-state index in [0.29, 0.717) is 48.1 Å². The zero-order chi connectivity index (χ0) is 25.4. The molecule has 0 radical (unpaired) electrons. The molecule has 2 aromatic heterocycles. The van der Waals surface area contributed by atoms with E-state index in [2.05, 4.69) is 27.2 Å². The van der Waals surface area contributed by atoms with Crippen LogP contribution in [0.25, 0.3) is 22.6 Å². The third-order valence-corrected chi connectivity index (χ3v) is 7.02. The predicted molar refractivity (Wildman–Crippen MR) is 136 cm³/mol. The number of fused-ring (bicyclic) bond motifs is 2. The normalized spacial score (nSPS) is 17.1. The average Bonchev–Trinajstić information content (AvgIpc) is 3.66. The number of benzene rings is 2. The number of rotatable bonds is 8.